The van der Waals surface area contributed by atoms with Gasteiger partial charge in [-0.3, -0.25) is 9.26 Å². The van der Waals surface area contributed by atoms with Gasteiger partial charge in [-0.1, -0.05) is 5.23 Å². The highest BCUT2D eigenvalue weighted by Crippen LogP contribution is 2.85. The average Bonchev–Trinajstić information content (AvgIpc) is 3.10. The predicted octanol–water partition coefficient (Wildman–Crippen LogP) is -0.923. The van der Waals surface area contributed by atoms with Gasteiger partial charge < -0.3 is 14.7 Å². The van der Waals surface area contributed by atoms with Crippen LogP contribution < -0.4 is 15.4 Å². The monoisotopic (exact) mass is 533 g/mol. The zero-order valence-corrected chi connectivity index (χ0v) is 18.0. The standard InChI is InChI=1S/C10H6N3O17P3/c1-2-3-11-6(15)12-4(2)20-32(18)28-13(3)29-33(19)25-8(16)9(26-33,23-30-32)7-5(14)21-31(17,24-7)27-10(8,12)22-7/h5,14,16H,1H3/t5?,7-,8-,9-,10?,31?,32?,33?/m1/s1. The van der Waals surface area contributed by atoms with Crippen LogP contribution in [0.2, 0.25) is 0 Å². The molecular formula is C10H6N3O17P3. The Kier molecular flexibility index (Phi) is 3.01. The minimum Gasteiger partial charge on any atom is -0.384 e. The molecule has 0 radical (unpaired) electrons. The van der Waals surface area contributed by atoms with E-state index < -0.39 is 70.4 Å². The molecule has 0 amide bonds. The summed E-state index contributed by atoms with van der Waals surface area (Å²) >= 11 is 0. The molecule has 0 saturated carbocycles. The number of aromatic nitrogens is 2. The van der Waals surface area contributed by atoms with E-state index in [0.29, 0.717) is 0 Å². The number of fused-ring (bicyclic) bond motifs is 6. The van der Waals surface area contributed by atoms with Gasteiger partial charge in [-0.2, -0.15) is 9.87 Å². The van der Waals surface area contributed by atoms with Crippen molar-refractivity contribution >= 4 is 29.3 Å². The molecular weight excluding hydrogens is 527 g/mol. The van der Waals surface area contributed by atoms with Crippen LogP contribution in [0.1, 0.15) is 5.56 Å². The summed E-state index contributed by atoms with van der Waals surface area (Å²) in [4.78, 5) is 21.8. The fourth-order valence-electron chi connectivity index (χ4n) is 4.40. The normalized spacial score (nSPS) is 56.3. The van der Waals surface area contributed by atoms with Gasteiger partial charge in [0.1, 0.15) is 0 Å². The summed E-state index contributed by atoms with van der Waals surface area (Å²) in [5.41, 5.74) is -1.60. The van der Waals surface area contributed by atoms with E-state index in [2.05, 4.69) is 4.98 Å². The lowest BCUT2D eigenvalue weighted by molar-refractivity contribution is -0.465. The number of anilines is 1. The molecule has 9 bridgehead atoms. The number of ether oxygens (including phenoxy) is 1. The second-order valence-corrected chi connectivity index (χ2v) is 11.7. The summed E-state index contributed by atoms with van der Waals surface area (Å²) in [6.45, 7) is 1.24. The van der Waals surface area contributed by atoms with Crippen LogP contribution in [-0.4, -0.2) is 43.4 Å². The minimum atomic E-state index is -5.19. The van der Waals surface area contributed by atoms with Crippen LogP contribution in [0.4, 0.5) is 5.82 Å². The van der Waals surface area contributed by atoms with Crippen LogP contribution in [0.3, 0.4) is 0 Å². The zero-order chi connectivity index (χ0) is 23.0. The number of aliphatic hydroxyl groups is 2. The maximum Gasteiger partial charge on any atom is 0.583 e. The van der Waals surface area contributed by atoms with Crippen LogP contribution >= 0.6 is 23.5 Å². The Morgan fingerprint density at radius 1 is 1.06 bits per heavy atom. The molecule has 5 fully saturated rings. The molecule has 1 aromatic rings. The maximum atomic E-state index is 13.5. The molecule has 8 rings (SSSR count). The fraction of sp³-hybridized carbons (Fsp3) is 0.600. The molecule has 2 N–H and O–H groups in total. The number of rotatable bonds is 0. The molecule has 0 aromatic carbocycles. The van der Waals surface area contributed by atoms with E-state index in [9.17, 15) is 28.7 Å². The van der Waals surface area contributed by atoms with Crippen LogP contribution in [0.25, 0.3) is 0 Å². The smallest absolute Gasteiger partial charge is 0.384 e. The highest BCUT2D eigenvalue weighted by Gasteiger charge is 3.02. The van der Waals surface area contributed by atoms with E-state index in [1.807, 2.05) is 0 Å². The lowest BCUT2D eigenvalue weighted by Gasteiger charge is -2.40. The first kappa shape index (κ1) is 19.9. The number of aliphatic hydroxyl groups excluding tert-OH is 1. The Hall–Kier alpha value is -1.31. The molecule has 0 aliphatic carbocycles. The van der Waals surface area contributed by atoms with E-state index in [4.69, 9.17) is 50.7 Å². The minimum absolute atomic E-state index is 0.0897. The second kappa shape index (κ2) is 4.98. The Bertz CT molecular complexity index is 1430. The van der Waals surface area contributed by atoms with E-state index >= 15 is 0 Å². The first-order valence-corrected chi connectivity index (χ1v) is 13.0. The molecule has 1 aromatic heterocycles. The maximum absolute atomic E-state index is 13.5. The Labute approximate surface area is 177 Å². The van der Waals surface area contributed by atoms with Crippen LogP contribution in [0.5, 0.6) is 5.88 Å². The predicted molar refractivity (Wildman–Crippen MR) is 84.4 cm³/mol. The van der Waals surface area contributed by atoms with Crippen molar-refractivity contribution in [3.8, 4) is 5.88 Å². The zero-order valence-electron chi connectivity index (χ0n) is 15.3. The third-order valence-corrected chi connectivity index (χ3v) is 9.40. The lowest BCUT2D eigenvalue weighted by atomic mass is 9.97. The molecule has 7 aliphatic rings. The van der Waals surface area contributed by atoms with Crippen LogP contribution in [-0.2, 0) is 65.8 Å². The Balaban J connectivity index is 1.64. The third-order valence-electron chi connectivity index (χ3n) is 5.66. The van der Waals surface area contributed by atoms with Crippen molar-refractivity contribution in [2.24, 2.45) is 0 Å². The van der Waals surface area contributed by atoms with Gasteiger partial charge in [0.2, 0.25) is 12.2 Å². The van der Waals surface area contributed by atoms with Crippen LogP contribution in [0.15, 0.2) is 4.79 Å². The molecule has 20 nitrogen and oxygen atoms in total. The molecule has 178 valence electrons. The summed E-state index contributed by atoms with van der Waals surface area (Å²) in [5.74, 6) is -14.6. The van der Waals surface area contributed by atoms with E-state index in [-0.39, 0.29) is 15.4 Å². The topological polar surface area (TPSA) is 231 Å². The first-order valence-electron chi connectivity index (χ1n) is 8.66. The summed E-state index contributed by atoms with van der Waals surface area (Å²) in [6, 6.07) is 0. The number of hydrogen-bond donors (Lipinski definition) is 2. The number of hydrogen-bond acceptors (Lipinski definition) is 19. The molecule has 5 unspecified atom stereocenters. The molecule has 3 spiro atoms. The first-order chi connectivity index (χ1) is 15.3. The van der Waals surface area contributed by atoms with Gasteiger partial charge in [0.15, 0.2) is 5.82 Å². The largest absolute Gasteiger partial charge is 0.583 e. The molecule has 5 saturated heterocycles. The highest BCUT2D eigenvalue weighted by atomic mass is 31.2. The van der Waals surface area contributed by atoms with Gasteiger partial charge in [0, 0.05) is 0 Å². The summed E-state index contributed by atoms with van der Waals surface area (Å²) in [7, 11) is -15.2. The average molecular weight is 533 g/mol. The highest BCUT2D eigenvalue weighted by molar-refractivity contribution is 7.50. The van der Waals surface area contributed by atoms with Crippen molar-refractivity contribution in [1.82, 2.24) is 9.55 Å². The van der Waals surface area contributed by atoms with Crippen molar-refractivity contribution < 1.29 is 74.6 Å². The molecule has 8 atom stereocenters. The SMILES string of the molecule is Cc1c2nc(=O)n3c1OP1(=O)OO[C@]45OP(=O)(ON2O1)O[C@@]4(O)C31O[C@]52OP(=O)(OC2O)O1. The van der Waals surface area contributed by atoms with Gasteiger partial charge in [0.05, 0.1) is 5.56 Å². The van der Waals surface area contributed by atoms with E-state index in [1.54, 1.807) is 0 Å². The summed E-state index contributed by atoms with van der Waals surface area (Å²) < 4.78 is 91.3. The van der Waals surface area contributed by atoms with E-state index in [0.717, 1.165) is 0 Å². The molecule has 23 heteroatoms. The number of phosphoric acid groups is 3. The summed E-state index contributed by atoms with van der Waals surface area (Å²) in [5, 5.41) is 22.4. The Morgan fingerprint density at radius 3 is 2.61 bits per heavy atom. The second-order valence-electron chi connectivity index (χ2n) is 7.43. The lowest BCUT2D eigenvalue weighted by Crippen LogP contribution is -2.68. The van der Waals surface area contributed by atoms with Gasteiger partial charge in [-0.25, -0.2) is 41.2 Å². The number of phosphoric ester groups is 2. The molecule has 8 heterocycles. The van der Waals surface area contributed by atoms with Crippen molar-refractivity contribution in [3.05, 3.63) is 16.0 Å². The summed E-state index contributed by atoms with van der Waals surface area (Å²) in [6.07, 6.45) is -2.49. The quantitative estimate of drug-likeness (QED) is 0.303. The van der Waals surface area contributed by atoms with Crippen molar-refractivity contribution in [2.45, 2.75) is 36.5 Å². The van der Waals surface area contributed by atoms with Gasteiger partial charge >= 0.3 is 46.6 Å². The van der Waals surface area contributed by atoms with Crippen molar-refractivity contribution in [2.75, 3.05) is 5.23 Å². The Morgan fingerprint density at radius 2 is 1.82 bits per heavy atom. The van der Waals surface area contributed by atoms with Crippen molar-refractivity contribution in [3.63, 3.8) is 0 Å². The van der Waals surface area contributed by atoms with Crippen LogP contribution in [0, 0.1) is 6.92 Å². The third kappa shape index (κ3) is 1.79. The fourth-order valence-corrected chi connectivity index (χ4v) is 8.65. The number of nitrogens with zero attached hydrogens (tertiary/aromatic N) is 3. The van der Waals surface area contributed by atoms with E-state index in [1.165, 1.54) is 6.92 Å². The van der Waals surface area contributed by atoms with Gasteiger partial charge in [-0.15, -0.1) is 13.9 Å². The molecule has 7 aliphatic heterocycles. The van der Waals surface area contributed by atoms with Gasteiger partial charge in [-0.05, 0) is 6.92 Å². The van der Waals surface area contributed by atoms with Crippen molar-refractivity contribution in [1.29, 1.82) is 0 Å². The molecule has 33 heavy (non-hydrogen) atoms. The van der Waals surface area contributed by atoms with Gasteiger partial charge in [0.25, 0.3) is 5.79 Å².